The molecule has 3 aromatic rings. The van der Waals surface area contributed by atoms with E-state index in [1.807, 2.05) is 61.5 Å². The normalized spacial score (nSPS) is 15.7. The summed E-state index contributed by atoms with van der Waals surface area (Å²) < 4.78 is 0. The fraction of sp³-hybridized carbons (Fsp3) is 0.304. The van der Waals surface area contributed by atoms with Crippen molar-refractivity contribution in [3.63, 3.8) is 0 Å². The molecule has 0 spiro atoms. The number of anilines is 1. The molecule has 0 aliphatic carbocycles. The van der Waals surface area contributed by atoms with Crippen LogP contribution in [-0.4, -0.2) is 29.0 Å². The third-order valence-corrected chi connectivity index (χ3v) is 5.31. The van der Waals surface area contributed by atoms with Crippen molar-refractivity contribution < 1.29 is 4.79 Å². The summed E-state index contributed by atoms with van der Waals surface area (Å²) in [4.78, 5) is 24.7. The highest BCUT2D eigenvalue weighted by Gasteiger charge is 2.30. The molecule has 1 aliphatic heterocycles. The van der Waals surface area contributed by atoms with Gasteiger partial charge in [0.25, 0.3) is 0 Å². The fourth-order valence-electron chi connectivity index (χ4n) is 3.73. The minimum Gasteiger partial charge on any atom is -0.355 e. The number of amides is 1. The number of fused-ring (bicyclic) bond motifs is 1. The lowest BCUT2D eigenvalue weighted by Gasteiger charge is -2.23. The second-order valence-corrected chi connectivity index (χ2v) is 7.32. The van der Waals surface area contributed by atoms with Gasteiger partial charge >= 0.3 is 0 Å². The van der Waals surface area contributed by atoms with E-state index in [1.54, 1.807) is 0 Å². The standard InChI is InChI=1S/C23H23N5O/c1-16(17-9-3-2-4-10-17)25-23(29)18(15-24)21-22(28-13-7-8-14-28)27-20-12-6-5-11-19(20)26-21/h2-6,9-12,16,18H,7-8,13-14H2,1H3,(H,25,29)/t16-,18-/m0/s1. The predicted octanol–water partition coefficient (Wildman–Crippen LogP) is 3.71. The van der Waals surface area contributed by atoms with E-state index in [1.165, 1.54) is 0 Å². The van der Waals surface area contributed by atoms with Crippen molar-refractivity contribution in [1.29, 1.82) is 5.26 Å². The zero-order chi connectivity index (χ0) is 20.2. The molecule has 1 aliphatic rings. The van der Waals surface area contributed by atoms with Gasteiger partial charge in [-0.25, -0.2) is 9.97 Å². The van der Waals surface area contributed by atoms with Crippen LogP contribution < -0.4 is 10.2 Å². The summed E-state index contributed by atoms with van der Waals surface area (Å²) in [5, 5.41) is 12.8. The average Bonchev–Trinajstić information content (AvgIpc) is 3.29. The number of hydrogen-bond donors (Lipinski definition) is 1. The molecule has 1 fully saturated rings. The number of carbonyl (C=O) groups is 1. The molecule has 6 nitrogen and oxygen atoms in total. The monoisotopic (exact) mass is 385 g/mol. The van der Waals surface area contributed by atoms with E-state index in [0.29, 0.717) is 17.0 Å². The molecule has 4 rings (SSSR count). The third kappa shape index (κ3) is 3.90. The highest BCUT2D eigenvalue weighted by Crippen LogP contribution is 2.30. The zero-order valence-electron chi connectivity index (χ0n) is 16.4. The van der Waals surface area contributed by atoms with Gasteiger partial charge in [0.2, 0.25) is 5.91 Å². The van der Waals surface area contributed by atoms with Gasteiger partial charge in [-0.3, -0.25) is 4.79 Å². The molecule has 146 valence electrons. The van der Waals surface area contributed by atoms with Gasteiger partial charge in [0.15, 0.2) is 11.7 Å². The van der Waals surface area contributed by atoms with E-state index in [9.17, 15) is 10.1 Å². The van der Waals surface area contributed by atoms with Gasteiger partial charge in [0.05, 0.1) is 23.1 Å². The summed E-state index contributed by atoms with van der Waals surface area (Å²) in [6.45, 7) is 3.63. The molecule has 0 radical (unpaired) electrons. The predicted molar refractivity (Wildman–Crippen MR) is 112 cm³/mol. The summed E-state index contributed by atoms with van der Waals surface area (Å²) in [6, 6.07) is 19.2. The minimum absolute atomic E-state index is 0.205. The summed E-state index contributed by atoms with van der Waals surface area (Å²) >= 11 is 0. The first-order valence-corrected chi connectivity index (χ1v) is 9.94. The van der Waals surface area contributed by atoms with Crippen LogP contribution in [0.3, 0.4) is 0 Å². The van der Waals surface area contributed by atoms with Gasteiger partial charge < -0.3 is 10.2 Å². The Kier molecular flexibility index (Phi) is 5.39. The van der Waals surface area contributed by atoms with E-state index in [4.69, 9.17) is 9.97 Å². The lowest BCUT2D eigenvalue weighted by atomic mass is 10.0. The first-order chi connectivity index (χ1) is 14.2. The Morgan fingerprint density at radius 3 is 2.31 bits per heavy atom. The number of nitriles is 1. The van der Waals surface area contributed by atoms with E-state index in [2.05, 4.69) is 16.3 Å². The molecule has 1 aromatic heterocycles. The Labute approximate surface area is 170 Å². The Balaban J connectivity index is 1.69. The Morgan fingerprint density at radius 1 is 1.03 bits per heavy atom. The van der Waals surface area contributed by atoms with Crippen molar-refractivity contribution in [2.75, 3.05) is 18.0 Å². The number of hydrogen-bond acceptors (Lipinski definition) is 5. The van der Waals surface area contributed by atoms with Crippen molar-refractivity contribution in [3.05, 3.63) is 65.9 Å². The molecule has 0 saturated carbocycles. The molecule has 0 bridgehead atoms. The van der Waals surface area contributed by atoms with Crippen LogP contribution in [0, 0.1) is 11.3 Å². The minimum atomic E-state index is -1.02. The van der Waals surface area contributed by atoms with Crippen molar-refractivity contribution in [2.24, 2.45) is 0 Å². The molecule has 2 heterocycles. The van der Waals surface area contributed by atoms with Crippen molar-refractivity contribution in [2.45, 2.75) is 31.7 Å². The lowest BCUT2D eigenvalue weighted by molar-refractivity contribution is -0.122. The van der Waals surface area contributed by atoms with Crippen molar-refractivity contribution in [3.8, 4) is 6.07 Å². The molecular formula is C23H23N5O. The first kappa shape index (κ1) is 18.9. The Bertz CT molecular complexity index is 1050. The van der Waals surface area contributed by atoms with Crippen LogP contribution in [0.15, 0.2) is 54.6 Å². The molecule has 2 aromatic carbocycles. The summed E-state index contributed by atoms with van der Waals surface area (Å²) in [6.07, 6.45) is 2.14. The summed E-state index contributed by atoms with van der Waals surface area (Å²) in [7, 11) is 0. The SMILES string of the molecule is C[C@H](NC(=O)[C@@H](C#N)c1nc2ccccc2nc1N1CCCC1)c1ccccc1. The first-order valence-electron chi connectivity index (χ1n) is 9.94. The molecule has 29 heavy (non-hydrogen) atoms. The Hall–Kier alpha value is -3.46. The Morgan fingerprint density at radius 2 is 1.66 bits per heavy atom. The highest BCUT2D eigenvalue weighted by atomic mass is 16.1. The van der Waals surface area contributed by atoms with Crippen LogP contribution in [0.2, 0.25) is 0 Å². The van der Waals surface area contributed by atoms with Crippen LogP contribution >= 0.6 is 0 Å². The van der Waals surface area contributed by atoms with Gasteiger partial charge in [0, 0.05) is 13.1 Å². The van der Waals surface area contributed by atoms with Crippen molar-refractivity contribution in [1.82, 2.24) is 15.3 Å². The molecule has 0 unspecified atom stereocenters. The number of carbonyl (C=O) groups excluding carboxylic acids is 1. The van der Waals surface area contributed by atoms with E-state index in [0.717, 1.165) is 37.0 Å². The summed E-state index contributed by atoms with van der Waals surface area (Å²) in [5.74, 6) is -0.724. The number of rotatable bonds is 5. The van der Waals surface area contributed by atoms with Crippen molar-refractivity contribution >= 4 is 22.8 Å². The smallest absolute Gasteiger partial charge is 0.244 e. The van der Waals surface area contributed by atoms with Gasteiger partial charge in [-0.05, 0) is 37.5 Å². The van der Waals surface area contributed by atoms with Crippen LogP contribution in [-0.2, 0) is 4.79 Å². The molecule has 1 N–H and O–H groups in total. The average molecular weight is 385 g/mol. The van der Waals surface area contributed by atoms with Crippen LogP contribution in [0.5, 0.6) is 0 Å². The fourth-order valence-corrected chi connectivity index (χ4v) is 3.73. The second kappa shape index (κ2) is 8.27. The van der Waals surface area contributed by atoms with Gasteiger partial charge in [-0.2, -0.15) is 5.26 Å². The molecule has 6 heteroatoms. The van der Waals surface area contributed by atoms with E-state index < -0.39 is 5.92 Å². The lowest BCUT2D eigenvalue weighted by Crippen LogP contribution is -2.33. The molecule has 1 saturated heterocycles. The largest absolute Gasteiger partial charge is 0.355 e. The number of nitrogens with zero attached hydrogens (tertiary/aromatic N) is 4. The number of benzene rings is 2. The quantitative estimate of drug-likeness (QED) is 0.724. The number of aromatic nitrogens is 2. The molecular weight excluding hydrogens is 362 g/mol. The van der Waals surface area contributed by atoms with Gasteiger partial charge in [0.1, 0.15) is 5.69 Å². The van der Waals surface area contributed by atoms with Gasteiger partial charge in [-0.1, -0.05) is 42.5 Å². The topological polar surface area (TPSA) is 81.9 Å². The molecule has 2 atom stereocenters. The van der Waals surface area contributed by atoms with Crippen LogP contribution in [0.4, 0.5) is 5.82 Å². The van der Waals surface area contributed by atoms with E-state index in [-0.39, 0.29) is 11.9 Å². The number of para-hydroxylation sites is 2. The van der Waals surface area contributed by atoms with Crippen LogP contribution in [0.1, 0.15) is 43.0 Å². The maximum atomic E-state index is 13.0. The maximum Gasteiger partial charge on any atom is 0.244 e. The van der Waals surface area contributed by atoms with Crippen LogP contribution in [0.25, 0.3) is 11.0 Å². The number of nitrogens with one attached hydrogen (secondary N) is 1. The second-order valence-electron chi connectivity index (χ2n) is 7.32. The van der Waals surface area contributed by atoms with Gasteiger partial charge in [-0.15, -0.1) is 0 Å². The highest BCUT2D eigenvalue weighted by molar-refractivity contribution is 5.89. The van der Waals surface area contributed by atoms with E-state index >= 15 is 0 Å². The maximum absolute atomic E-state index is 13.0. The zero-order valence-corrected chi connectivity index (χ0v) is 16.4. The summed E-state index contributed by atoms with van der Waals surface area (Å²) in [5.41, 5.74) is 2.88. The third-order valence-electron chi connectivity index (χ3n) is 5.31. The molecule has 1 amide bonds.